The first kappa shape index (κ1) is 18.1. The van der Waals surface area contributed by atoms with Gasteiger partial charge < -0.3 is 15.5 Å². The van der Waals surface area contributed by atoms with E-state index in [9.17, 15) is 8.42 Å². The van der Waals surface area contributed by atoms with Crippen LogP contribution >= 0.6 is 12.2 Å². The Balaban J connectivity index is 2.01. The van der Waals surface area contributed by atoms with Crippen molar-refractivity contribution in [2.75, 3.05) is 45.6 Å². The summed E-state index contributed by atoms with van der Waals surface area (Å²) in [5, 5.41) is 6.66. The van der Waals surface area contributed by atoms with E-state index in [1.807, 2.05) is 6.07 Å². The van der Waals surface area contributed by atoms with E-state index in [1.165, 1.54) is 4.90 Å². The third-order valence-corrected chi connectivity index (χ3v) is 5.85. The monoisotopic (exact) mass is 357 g/mol. The third-order valence-electron chi connectivity index (χ3n) is 3.71. The molecule has 0 bridgehead atoms. The summed E-state index contributed by atoms with van der Waals surface area (Å²) < 4.78 is 26.7. The van der Waals surface area contributed by atoms with Gasteiger partial charge in [-0.05, 0) is 43.3 Å². The molecule has 0 radical (unpaired) electrons. The number of nitrogens with one attached hydrogen (secondary N) is 3. The Kier molecular flexibility index (Phi) is 6.34. The van der Waals surface area contributed by atoms with E-state index in [-0.39, 0.29) is 0 Å². The average molecular weight is 358 g/mol. The highest BCUT2D eigenvalue weighted by Gasteiger charge is 2.27. The number of hydrogen-bond acceptors (Lipinski definition) is 3. The van der Waals surface area contributed by atoms with Crippen molar-refractivity contribution < 1.29 is 13.3 Å². The molecule has 1 aliphatic rings. The molecule has 2 rings (SSSR count). The quantitative estimate of drug-likeness (QED) is 0.621. The largest absolute Gasteiger partial charge is 0.357 e. The Morgan fingerprint density at radius 3 is 2.65 bits per heavy atom. The first-order valence-corrected chi connectivity index (χ1v) is 9.68. The number of thiocarbonyl (C=S) groups is 1. The van der Waals surface area contributed by atoms with E-state index >= 15 is 0 Å². The second kappa shape index (κ2) is 8.05. The second-order valence-electron chi connectivity index (χ2n) is 5.98. The van der Waals surface area contributed by atoms with Crippen LogP contribution in [-0.2, 0) is 10.0 Å². The molecular weight excluding hydrogens is 332 g/mol. The fourth-order valence-electron chi connectivity index (χ4n) is 2.41. The van der Waals surface area contributed by atoms with Gasteiger partial charge in [0.2, 0.25) is 10.0 Å². The molecular formula is C15H25N4O2S2+. The van der Waals surface area contributed by atoms with Gasteiger partial charge >= 0.3 is 0 Å². The lowest BCUT2D eigenvalue weighted by molar-refractivity contribution is -0.856. The molecule has 0 aromatic heterocycles. The van der Waals surface area contributed by atoms with Gasteiger partial charge in [0.15, 0.2) is 5.11 Å². The molecule has 1 heterocycles. The van der Waals surface area contributed by atoms with Gasteiger partial charge in [0.05, 0.1) is 32.1 Å². The van der Waals surface area contributed by atoms with E-state index in [4.69, 9.17) is 12.2 Å². The van der Waals surface area contributed by atoms with Crippen LogP contribution in [0.3, 0.4) is 0 Å². The molecule has 1 aromatic carbocycles. The van der Waals surface area contributed by atoms with Crippen LogP contribution in [0.2, 0.25) is 0 Å². The van der Waals surface area contributed by atoms with Crippen LogP contribution in [-0.4, -0.2) is 58.1 Å². The normalized spacial score (nSPS) is 15.8. The van der Waals surface area contributed by atoms with E-state index in [0.29, 0.717) is 28.8 Å². The topological polar surface area (TPSA) is 65.9 Å². The first-order valence-electron chi connectivity index (χ1n) is 7.84. The van der Waals surface area contributed by atoms with Crippen LogP contribution in [0.15, 0.2) is 29.2 Å². The lowest BCUT2D eigenvalue weighted by Gasteiger charge is -2.17. The number of nitrogens with zero attached hydrogens (tertiary/aromatic N) is 1. The smallest absolute Gasteiger partial charge is 0.243 e. The summed E-state index contributed by atoms with van der Waals surface area (Å²) >= 11 is 5.24. The molecule has 1 saturated heterocycles. The predicted molar refractivity (Wildman–Crippen MR) is 96.3 cm³/mol. The fourth-order valence-corrected chi connectivity index (χ4v) is 4.20. The molecule has 6 nitrogen and oxygen atoms in total. The fraction of sp³-hybridized carbons (Fsp3) is 0.533. The van der Waals surface area contributed by atoms with Crippen LogP contribution < -0.4 is 15.5 Å². The zero-order chi connectivity index (χ0) is 16.9. The summed E-state index contributed by atoms with van der Waals surface area (Å²) in [7, 11) is 0.750. The first-order chi connectivity index (χ1) is 10.9. The summed E-state index contributed by atoms with van der Waals surface area (Å²) in [6.07, 6.45) is 1.86. The van der Waals surface area contributed by atoms with Crippen LogP contribution in [0.25, 0.3) is 0 Å². The van der Waals surface area contributed by atoms with Crippen molar-refractivity contribution in [1.29, 1.82) is 0 Å². The summed E-state index contributed by atoms with van der Waals surface area (Å²) in [5.74, 6) is 0. The maximum absolute atomic E-state index is 12.6. The van der Waals surface area contributed by atoms with Gasteiger partial charge in [0.1, 0.15) is 0 Å². The van der Waals surface area contributed by atoms with Gasteiger partial charge in [0.25, 0.3) is 0 Å². The number of sulfonamides is 1. The SMILES string of the molecule is C[NH+](C)CCNC(=S)Nc1cccc(S(=O)(=O)N2CCCC2)c1. The second-order valence-corrected chi connectivity index (χ2v) is 8.32. The Bertz CT molecular complexity index is 641. The average Bonchev–Trinajstić information content (AvgIpc) is 3.02. The minimum Gasteiger partial charge on any atom is -0.357 e. The zero-order valence-corrected chi connectivity index (χ0v) is 15.3. The highest BCUT2D eigenvalue weighted by atomic mass is 32.2. The van der Waals surface area contributed by atoms with E-state index in [1.54, 1.807) is 22.5 Å². The number of quaternary nitrogens is 1. The van der Waals surface area contributed by atoms with Crippen molar-refractivity contribution in [2.45, 2.75) is 17.7 Å². The molecule has 0 atom stereocenters. The highest BCUT2D eigenvalue weighted by molar-refractivity contribution is 7.89. The Labute approximate surface area is 143 Å². The molecule has 1 aliphatic heterocycles. The maximum atomic E-state index is 12.6. The van der Waals surface area contributed by atoms with E-state index in [2.05, 4.69) is 24.7 Å². The van der Waals surface area contributed by atoms with Crippen molar-refractivity contribution in [1.82, 2.24) is 9.62 Å². The number of rotatable bonds is 6. The summed E-state index contributed by atoms with van der Waals surface area (Å²) in [4.78, 5) is 1.64. The van der Waals surface area contributed by atoms with Crippen LogP contribution in [0.1, 0.15) is 12.8 Å². The van der Waals surface area contributed by atoms with Crippen LogP contribution in [0.4, 0.5) is 5.69 Å². The highest BCUT2D eigenvalue weighted by Crippen LogP contribution is 2.23. The van der Waals surface area contributed by atoms with Crippen LogP contribution in [0.5, 0.6) is 0 Å². The number of hydrogen-bond donors (Lipinski definition) is 3. The Hall–Kier alpha value is -1.22. The van der Waals surface area contributed by atoms with Crippen LogP contribution in [0, 0.1) is 0 Å². The summed E-state index contributed by atoms with van der Waals surface area (Å²) in [5.41, 5.74) is 0.681. The minimum atomic E-state index is -3.40. The zero-order valence-electron chi connectivity index (χ0n) is 13.6. The standard InChI is InChI=1S/C15H24N4O2S2/c1-18(2)11-8-16-15(22)17-13-6-5-7-14(12-13)23(20,21)19-9-3-4-10-19/h5-7,12H,3-4,8-11H2,1-2H3,(H2,16,17,22)/p+1. The van der Waals surface area contributed by atoms with E-state index in [0.717, 1.165) is 25.9 Å². The molecule has 0 unspecified atom stereocenters. The molecule has 0 amide bonds. The molecule has 1 fully saturated rings. The summed E-state index contributed by atoms with van der Waals surface area (Å²) in [6.45, 7) is 2.92. The molecule has 0 spiro atoms. The lowest BCUT2D eigenvalue weighted by atomic mass is 10.3. The molecule has 128 valence electrons. The molecule has 0 saturated carbocycles. The Morgan fingerprint density at radius 1 is 1.30 bits per heavy atom. The van der Waals surface area contributed by atoms with Gasteiger partial charge in [0, 0.05) is 18.8 Å². The Morgan fingerprint density at radius 2 is 2.00 bits per heavy atom. The van der Waals surface area contributed by atoms with Crippen molar-refractivity contribution in [3.63, 3.8) is 0 Å². The summed E-state index contributed by atoms with van der Waals surface area (Å²) in [6, 6.07) is 6.82. The third kappa shape index (κ3) is 5.13. The number of benzene rings is 1. The molecule has 1 aromatic rings. The van der Waals surface area contributed by atoms with Crippen molar-refractivity contribution in [2.24, 2.45) is 0 Å². The minimum absolute atomic E-state index is 0.310. The molecule has 8 heteroatoms. The van der Waals surface area contributed by atoms with Crippen molar-refractivity contribution in [3.05, 3.63) is 24.3 Å². The molecule has 0 aliphatic carbocycles. The maximum Gasteiger partial charge on any atom is 0.243 e. The number of likely N-dealkylation sites (N-methyl/N-ethyl adjacent to an activating group) is 1. The van der Waals surface area contributed by atoms with Gasteiger partial charge in [-0.15, -0.1) is 0 Å². The molecule has 23 heavy (non-hydrogen) atoms. The lowest BCUT2D eigenvalue weighted by Crippen LogP contribution is -3.06. The molecule has 3 N–H and O–H groups in total. The van der Waals surface area contributed by atoms with Crippen molar-refractivity contribution >= 4 is 33.0 Å². The number of anilines is 1. The van der Waals surface area contributed by atoms with Gasteiger partial charge in [-0.1, -0.05) is 6.07 Å². The van der Waals surface area contributed by atoms with Gasteiger partial charge in [-0.25, -0.2) is 8.42 Å². The van der Waals surface area contributed by atoms with Gasteiger partial charge in [-0.3, -0.25) is 0 Å². The van der Waals surface area contributed by atoms with Crippen molar-refractivity contribution in [3.8, 4) is 0 Å². The van der Waals surface area contributed by atoms with E-state index < -0.39 is 10.0 Å². The predicted octanol–water partition coefficient (Wildman–Crippen LogP) is -0.0980. The van der Waals surface area contributed by atoms with Gasteiger partial charge in [-0.2, -0.15) is 4.31 Å².